The first-order valence-corrected chi connectivity index (χ1v) is 7.97. The van der Waals surface area contributed by atoms with Crippen LogP contribution in [0.1, 0.15) is 71.4 Å². The van der Waals surface area contributed by atoms with Crippen molar-refractivity contribution in [3.63, 3.8) is 0 Å². The van der Waals surface area contributed by atoms with Crippen molar-refractivity contribution >= 4 is 16.8 Å². The Morgan fingerprint density at radius 3 is 2.05 bits per heavy atom. The molecule has 0 atom stereocenters. The summed E-state index contributed by atoms with van der Waals surface area (Å²) in [7, 11) is 0. The minimum absolute atomic E-state index is 0.0561. The maximum atomic E-state index is 11.2. The zero-order chi connectivity index (χ0) is 16.8. The average Bonchev–Trinajstić information content (AvgIpc) is 2.59. The molecule has 21 heavy (non-hydrogen) atoms. The number of carbonyl (C=O) groups excluding carboxylic acids is 1. The van der Waals surface area contributed by atoms with Crippen LogP contribution in [0.3, 0.4) is 0 Å². The third kappa shape index (κ3) is 6.98. The van der Waals surface area contributed by atoms with Gasteiger partial charge in [-0.05, 0) is 31.5 Å². The van der Waals surface area contributed by atoms with Gasteiger partial charge in [0.15, 0.2) is 5.78 Å². The van der Waals surface area contributed by atoms with E-state index >= 15 is 0 Å². The molecule has 1 aromatic heterocycles. The van der Waals surface area contributed by atoms with Crippen LogP contribution in [0.15, 0.2) is 24.4 Å². The van der Waals surface area contributed by atoms with Crippen LogP contribution in [-0.4, -0.2) is 15.8 Å². The fourth-order valence-electron chi connectivity index (χ4n) is 1.44. The van der Waals surface area contributed by atoms with Gasteiger partial charge in [-0.3, -0.25) is 9.78 Å². The van der Waals surface area contributed by atoms with Gasteiger partial charge in [-0.2, -0.15) is 0 Å². The standard InChI is InChI=1S/C12H12N2O.3C2H6/c1-3-10-7-13-11-5-4-9(8(2)15)6-12(11)14-10;3*1-2/h4-7H,3H2,1-2H3;3*1-2H3. The molecule has 0 N–H and O–H groups in total. The molecule has 0 bridgehead atoms. The van der Waals surface area contributed by atoms with Crippen LogP contribution in [0, 0.1) is 0 Å². The fourth-order valence-corrected chi connectivity index (χ4v) is 1.44. The second kappa shape index (κ2) is 13.2. The van der Waals surface area contributed by atoms with Crippen LogP contribution in [0.5, 0.6) is 0 Å². The molecule has 2 rings (SSSR count). The SMILES string of the molecule is CC.CC.CC.CCc1cnc2ccc(C(C)=O)cc2n1. The van der Waals surface area contributed by atoms with Crippen molar-refractivity contribution in [2.24, 2.45) is 0 Å². The molecule has 0 aliphatic rings. The van der Waals surface area contributed by atoms with Gasteiger partial charge < -0.3 is 0 Å². The Hall–Kier alpha value is -1.77. The van der Waals surface area contributed by atoms with Gasteiger partial charge in [0.25, 0.3) is 0 Å². The molecule has 3 nitrogen and oxygen atoms in total. The molecule has 0 saturated carbocycles. The highest BCUT2D eigenvalue weighted by Crippen LogP contribution is 2.12. The quantitative estimate of drug-likeness (QED) is 0.688. The average molecular weight is 290 g/mol. The first-order valence-electron chi connectivity index (χ1n) is 7.97. The minimum atomic E-state index is 0.0561. The van der Waals surface area contributed by atoms with Crippen molar-refractivity contribution < 1.29 is 4.79 Å². The zero-order valence-corrected chi connectivity index (χ0v) is 14.8. The van der Waals surface area contributed by atoms with Crippen molar-refractivity contribution in [1.82, 2.24) is 9.97 Å². The molecule has 1 heterocycles. The summed E-state index contributed by atoms with van der Waals surface area (Å²) in [5, 5.41) is 0. The summed E-state index contributed by atoms with van der Waals surface area (Å²) in [6, 6.07) is 5.41. The van der Waals surface area contributed by atoms with Gasteiger partial charge in [0.1, 0.15) is 0 Å². The Morgan fingerprint density at radius 1 is 1.00 bits per heavy atom. The van der Waals surface area contributed by atoms with Gasteiger partial charge in [-0.25, -0.2) is 4.98 Å². The normalized spacial score (nSPS) is 8.38. The van der Waals surface area contributed by atoms with Crippen LogP contribution in [0.4, 0.5) is 0 Å². The van der Waals surface area contributed by atoms with E-state index in [1.54, 1.807) is 25.3 Å². The summed E-state index contributed by atoms with van der Waals surface area (Å²) in [5.74, 6) is 0.0561. The van der Waals surface area contributed by atoms with Gasteiger partial charge >= 0.3 is 0 Å². The summed E-state index contributed by atoms with van der Waals surface area (Å²) in [4.78, 5) is 19.9. The molecule has 0 spiro atoms. The molecule has 1 aromatic carbocycles. The number of benzene rings is 1. The molecular weight excluding hydrogens is 260 g/mol. The van der Waals surface area contributed by atoms with Crippen LogP contribution < -0.4 is 0 Å². The van der Waals surface area contributed by atoms with E-state index in [1.165, 1.54) is 0 Å². The lowest BCUT2D eigenvalue weighted by molar-refractivity contribution is 0.101. The van der Waals surface area contributed by atoms with Crippen LogP contribution in [0.25, 0.3) is 11.0 Å². The maximum Gasteiger partial charge on any atom is 0.159 e. The van der Waals surface area contributed by atoms with Crippen molar-refractivity contribution in [3.05, 3.63) is 35.7 Å². The minimum Gasteiger partial charge on any atom is -0.295 e. The Kier molecular flexibility index (Phi) is 13.6. The summed E-state index contributed by atoms with van der Waals surface area (Å²) in [6.07, 6.45) is 2.63. The lowest BCUT2D eigenvalue weighted by Gasteiger charge is -2.01. The number of aryl methyl sites for hydroxylation is 1. The molecule has 0 radical (unpaired) electrons. The van der Waals surface area contributed by atoms with Crippen molar-refractivity contribution in [2.75, 3.05) is 0 Å². The smallest absolute Gasteiger partial charge is 0.159 e. The zero-order valence-electron chi connectivity index (χ0n) is 14.8. The molecule has 118 valence electrons. The molecule has 0 aliphatic heterocycles. The largest absolute Gasteiger partial charge is 0.295 e. The number of ketones is 1. The third-order valence-electron chi connectivity index (χ3n) is 2.36. The van der Waals surface area contributed by atoms with Gasteiger partial charge in [0.05, 0.1) is 16.7 Å². The summed E-state index contributed by atoms with van der Waals surface area (Å²) >= 11 is 0. The topological polar surface area (TPSA) is 42.9 Å². The second-order valence-corrected chi connectivity index (χ2v) is 3.47. The molecule has 0 amide bonds. The highest BCUT2D eigenvalue weighted by Gasteiger charge is 2.03. The third-order valence-corrected chi connectivity index (χ3v) is 2.36. The highest BCUT2D eigenvalue weighted by atomic mass is 16.1. The number of aromatic nitrogens is 2. The summed E-state index contributed by atoms with van der Waals surface area (Å²) in [6.45, 7) is 15.6. The number of rotatable bonds is 2. The van der Waals surface area contributed by atoms with E-state index in [-0.39, 0.29) is 5.78 Å². The Balaban J connectivity index is 0. The summed E-state index contributed by atoms with van der Waals surface area (Å²) < 4.78 is 0. The molecular formula is C18H30N2O. The van der Waals surface area contributed by atoms with Gasteiger partial charge in [-0.15, -0.1) is 0 Å². The molecule has 2 aromatic rings. The van der Waals surface area contributed by atoms with E-state index in [0.29, 0.717) is 5.56 Å². The Morgan fingerprint density at radius 2 is 1.57 bits per heavy atom. The monoisotopic (exact) mass is 290 g/mol. The number of hydrogen-bond acceptors (Lipinski definition) is 3. The van der Waals surface area contributed by atoms with E-state index in [4.69, 9.17) is 0 Å². The van der Waals surface area contributed by atoms with E-state index < -0.39 is 0 Å². The lowest BCUT2D eigenvalue weighted by Crippen LogP contribution is -1.95. The Bertz CT molecular complexity index is 522. The maximum absolute atomic E-state index is 11.2. The molecule has 3 heteroatoms. The predicted molar refractivity (Wildman–Crippen MR) is 93.0 cm³/mol. The van der Waals surface area contributed by atoms with Gasteiger partial charge in [-0.1, -0.05) is 48.5 Å². The second-order valence-electron chi connectivity index (χ2n) is 3.47. The number of carbonyl (C=O) groups is 1. The molecule has 0 aliphatic carbocycles. The first kappa shape index (κ1) is 21.5. The molecule has 0 unspecified atom stereocenters. The van der Waals surface area contributed by atoms with Crippen LogP contribution >= 0.6 is 0 Å². The number of Topliss-reactive ketones (excluding diaryl/α,β-unsaturated/α-hetero) is 1. The highest BCUT2D eigenvalue weighted by molar-refractivity contribution is 5.97. The summed E-state index contributed by atoms with van der Waals surface area (Å²) in [5.41, 5.74) is 3.26. The van der Waals surface area contributed by atoms with Gasteiger partial charge in [0, 0.05) is 11.8 Å². The molecule has 0 saturated heterocycles. The van der Waals surface area contributed by atoms with Crippen LogP contribution in [-0.2, 0) is 6.42 Å². The van der Waals surface area contributed by atoms with Gasteiger partial charge in [0.2, 0.25) is 0 Å². The first-order chi connectivity index (χ1) is 10.2. The molecule has 0 fully saturated rings. The van der Waals surface area contributed by atoms with E-state index in [1.807, 2.05) is 54.5 Å². The van der Waals surface area contributed by atoms with E-state index in [2.05, 4.69) is 9.97 Å². The van der Waals surface area contributed by atoms with Crippen LogP contribution in [0.2, 0.25) is 0 Å². The van der Waals surface area contributed by atoms with Crippen molar-refractivity contribution in [2.45, 2.75) is 61.8 Å². The Labute approximate surface area is 129 Å². The van der Waals surface area contributed by atoms with Crippen molar-refractivity contribution in [1.29, 1.82) is 0 Å². The predicted octanol–water partition coefficient (Wildman–Crippen LogP) is 5.47. The number of hydrogen-bond donors (Lipinski definition) is 0. The van der Waals surface area contributed by atoms with E-state index in [9.17, 15) is 4.79 Å². The van der Waals surface area contributed by atoms with Crippen molar-refractivity contribution in [3.8, 4) is 0 Å². The van der Waals surface area contributed by atoms with E-state index in [0.717, 1.165) is 23.1 Å². The fraction of sp³-hybridized carbons (Fsp3) is 0.500. The number of nitrogens with zero attached hydrogens (tertiary/aromatic N) is 2. The number of fused-ring (bicyclic) bond motifs is 1. The lowest BCUT2D eigenvalue weighted by atomic mass is 10.1.